The zero-order valence-electron chi connectivity index (χ0n) is 8.98. The molecule has 6 nitrogen and oxygen atoms in total. The number of nitrogens with one attached hydrogen (secondary N) is 2. The minimum absolute atomic E-state index is 0.480. The third kappa shape index (κ3) is 1.42. The van der Waals surface area contributed by atoms with Gasteiger partial charge in [0.15, 0.2) is 0 Å². The molecule has 1 aliphatic heterocycles. The molecule has 1 fully saturated rings. The first kappa shape index (κ1) is 9.53. The summed E-state index contributed by atoms with van der Waals surface area (Å²) in [6.45, 7) is 2.11. The lowest BCUT2D eigenvalue weighted by molar-refractivity contribution is -0.754. The van der Waals surface area contributed by atoms with Gasteiger partial charge in [0.1, 0.15) is 17.2 Å². The van der Waals surface area contributed by atoms with Gasteiger partial charge in [0.05, 0.1) is 6.20 Å². The second-order valence-corrected chi connectivity index (χ2v) is 4.12. The predicted molar refractivity (Wildman–Crippen MR) is 59.6 cm³/mol. The van der Waals surface area contributed by atoms with E-state index in [1.807, 2.05) is 6.20 Å². The number of nitrogens with zero attached hydrogens (tertiary/aromatic N) is 3. The predicted octanol–water partition coefficient (Wildman–Crippen LogP) is -0.248. The maximum absolute atomic E-state index is 5.80. The van der Waals surface area contributed by atoms with Gasteiger partial charge in [0.2, 0.25) is 6.33 Å². The van der Waals surface area contributed by atoms with Crippen LogP contribution in [-0.2, 0) is 0 Å². The minimum atomic E-state index is 0.480. The van der Waals surface area contributed by atoms with Crippen molar-refractivity contribution in [3.05, 3.63) is 12.5 Å². The molecule has 6 heteroatoms. The summed E-state index contributed by atoms with van der Waals surface area (Å²) in [5.41, 5.74) is 6.70. The van der Waals surface area contributed by atoms with Crippen LogP contribution in [0.4, 0.5) is 5.82 Å². The standard InChI is InChI=1S/C10H14N6/c11-9-8-5-15-16(10(8)14-6-13-9)7-1-3-12-4-2-7/h5-7,12H,1-4H2,(H2,11,13,14,15)/p+1. The number of nitrogen functional groups attached to an aromatic ring is 1. The Balaban J connectivity index is 2.06. The molecule has 0 aliphatic carbocycles. The molecule has 0 radical (unpaired) electrons. The Labute approximate surface area is 92.9 Å². The molecule has 2 aromatic heterocycles. The Kier molecular flexibility index (Phi) is 2.21. The van der Waals surface area contributed by atoms with Crippen molar-refractivity contribution in [3.63, 3.8) is 0 Å². The van der Waals surface area contributed by atoms with Crippen molar-refractivity contribution in [1.82, 2.24) is 20.4 Å². The molecule has 0 spiro atoms. The molecule has 84 valence electrons. The lowest BCUT2D eigenvalue weighted by Crippen LogP contribution is -2.47. The van der Waals surface area contributed by atoms with E-state index in [1.165, 1.54) is 6.33 Å². The van der Waals surface area contributed by atoms with E-state index in [0.29, 0.717) is 11.9 Å². The monoisotopic (exact) mass is 219 g/mol. The summed E-state index contributed by atoms with van der Waals surface area (Å²) in [4.78, 5) is 8.28. The lowest BCUT2D eigenvalue weighted by atomic mass is 10.1. The van der Waals surface area contributed by atoms with Gasteiger partial charge in [-0.05, 0) is 18.1 Å². The first-order chi connectivity index (χ1) is 7.86. The van der Waals surface area contributed by atoms with Gasteiger partial charge in [-0.25, -0.2) is 5.10 Å². The maximum atomic E-state index is 5.80. The van der Waals surface area contributed by atoms with Gasteiger partial charge in [-0.2, -0.15) is 9.67 Å². The first-order valence-corrected chi connectivity index (χ1v) is 5.56. The first-order valence-electron chi connectivity index (χ1n) is 5.56. The van der Waals surface area contributed by atoms with Crippen LogP contribution >= 0.6 is 0 Å². The van der Waals surface area contributed by atoms with E-state index in [9.17, 15) is 0 Å². The Hall–Kier alpha value is -1.69. The van der Waals surface area contributed by atoms with E-state index >= 15 is 0 Å². The number of piperidine rings is 1. The summed E-state index contributed by atoms with van der Waals surface area (Å²) < 4.78 is 2.11. The quantitative estimate of drug-likeness (QED) is 0.578. The fraction of sp³-hybridized carbons (Fsp3) is 0.500. The van der Waals surface area contributed by atoms with E-state index < -0.39 is 0 Å². The van der Waals surface area contributed by atoms with E-state index in [4.69, 9.17) is 5.73 Å². The summed E-state index contributed by atoms with van der Waals surface area (Å²) in [6, 6.07) is 0.480. The summed E-state index contributed by atoms with van der Waals surface area (Å²) in [5.74, 6) is 0.536. The highest BCUT2D eigenvalue weighted by molar-refractivity contribution is 5.81. The lowest BCUT2D eigenvalue weighted by Gasteiger charge is -2.19. The van der Waals surface area contributed by atoms with Crippen molar-refractivity contribution in [1.29, 1.82) is 0 Å². The zero-order chi connectivity index (χ0) is 11.0. The van der Waals surface area contributed by atoms with E-state index in [0.717, 1.165) is 37.0 Å². The molecule has 0 amide bonds. The molecule has 3 rings (SSSR count). The number of H-pyrrole nitrogens is 1. The number of anilines is 1. The minimum Gasteiger partial charge on any atom is -0.383 e. The summed E-state index contributed by atoms with van der Waals surface area (Å²) in [5, 5.41) is 7.49. The number of hydrogen-bond donors (Lipinski definition) is 3. The highest BCUT2D eigenvalue weighted by Gasteiger charge is 2.24. The molecule has 2 aromatic rings. The zero-order valence-corrected chi connectivity index (χ0v) is 8.98. The average molecular weight is 219 g/mol. The van der Waals surface area contributed by atoms with Crippen molar-refractivity contribution in [2.24, 2.45) is 0 Å². The van der Waals surface area contributed by atoms with Gasteiger partial charge >= 0.3 is 5.65 Å². The van der Waals surface area contributed by atoms with E-state index in [-0.39, 0.29) is 0 Å². The van der Waals surface area contributed by atoms with Crippen molar-refractivity contribution in [3.8, 4) is 0 Å². The third-order valence-electron chi connectivity index (χ3n) is 3.14. The van der Waals surface area contributed by atoms with Gasteiger partial charge in [-0.1, -0.05) is 0 Å². The van der Waals surface area contributed by atoms with E-state index in [1.54, 1.807) is 0 Å². The Bertz CT molecular complexity index is 499. The largest absolute Gasteiger partial charge is 0.383 e. The molecule has 4 N–H and O–H groups in total. The fourth-order valence-electron chi connectivity index (χ4n) is 2.27. The maximum Gasteiger partial charge on any atom is 0.356 e. The number of fused-ring (bicyclic) bond motifs is 1. The highest BCUT2D eigenvalue weighted by Crippen LogP contribution is 2.17. The van der Waals surface area contributed by atoms with Gasteiger partial charge in [0.25, 0.3) is 0 Å². The molecule has 0 aromatic carbocycles. The molecule has 0 atom stereocenters. The van der Waals surface area contributed by atoms with Gasteiger partial charge < -0.3 is 11.1 Å². The Morgan fingerprint density at radius 3 is 2.94 bits per heavy atom. The van der Waals surface area contributed by atoms with Crippen molar-refractivity contribution >= 4 is 16.9 Å². The SMILES string of the molecule is Nc1ncnc2c1c[nH][n+]2C1CCNCC1. The second-order valence-electron chi connectivity index (χ2n) is 4.12. The number of rotatable bonds is 1. The molecule has 0 saturated carbocycles. The van der Waals surface area contributed by atoms with Gasteiger partial charge in [0, 0.05) is 12.8 Å². The van der Waals surface area contributed by atoms with Crippen LogP contribution in [0.25, 0.3) is 11.0 Å². The van der Waals surface area contributed by atoms with Crippen LogP contribution in [0.2, 0.25) is 0 Å². The average Bonchev–Trinajstić information content (AvgIpc) is 2.75. The number of aromatic nitrogens is 4. The highest BCUT2D eigenvalue weighted by atomic mass is 15.3. The topological polar surface area (TPSA) is 83.5 Å². The van der Waals surface area contributed by atoms with Crippen LogP contribution in [0.5, 0.6) is 0 Å². The van der Waals surface area contributed by atoms with Crippen LogP contribution < -0.4 is 15.7 Å². The molecule has 16 heavy (non-hydrogen) atoms. The van der Waals surface area contributed by atoms with E-state index in [2.05, 4.69) is 25.1 Å². The summed E-state index contributed by atoms with van der Waals surface area (Å²) in [6.07, 6.45) is 5.63. The number of hydrogen-bond acceptors (Lipinski definition) is 4. The molecule has 1 aliphatic rings. The third-order valence-corrected chi connectivity index (χ3v) is 3.14. The van der Waals surface area contributed by atoms with Crippen LogP contribution in [0.1, 0.15) is 18.9 Å². The van der Waals surface area contributed by atoms with Crippen LogP contribution in [0, 0.1) is 0 Å². The number of nitrogens with two attached hydrogens (primary N) is 1. The molecule has 3 heterocycles. The molecular formula is C10H15N6+. The molecular weight excluding hydrogens is 204 g/mol. The van der Waals surface area contributed by atoms with Gasteiger partial charge in [-0.15, -0.1) is 0 Å². The van der Waals surface area contributed by atoms with Crippen molar-refractivity contribution in [2.45, 2.75) is 18.9 Å². The van der Waals surface area contributed by atoms with Gasteiger partial charge in [-0.3, -0.25) is 0 Å². The molecule has 0 unspecified atom stereocenters. The van der Waals surface area contributed by atoms with Crippen LogP contribution in [-0.4, -0.2) is 28.2 Å². The fourth-order valence-corrected chi connectivity index (χ4v) is 2.27. The second kappa shape index (κ2) is 3.71. The van der Waals surface area contributed by atoms with Crippen LogP contribution in [0.3, 0.4) is 0 Å². The normalized spacial score (nSPS) is 18.0. The Morgan fingerprint density at radius 2 is 2.12 bits per heavy atom. The number of aromatic amines is 1. The smallest absolute Gasteiger partial charge is 0.356 e. The van der Waals surface area contributed by atoms with Crippen LogP contribution in [0.15, 0.2) is 12.5 Å². The molecule has 0 bridgehead atoms. The molecule has 1 saturated heterocycles. The van der Waals surface area contributed by atoms with Crippen molar-refractivity contribution < 1.29 is 4.68 Å². The summed E-state index contributed by atoms with van der Waals surface area (Å²) in [7, 11) is 0. The summed E-state index contributed by atoms with van der Waals surface area (Å²) >= 11 is 0. The Morgan fingerprint density at radius 1 is 1.31 bits per heavy atom. The van der Waals surface area contributed by atoms with Crippen molar-refractivity contribution in [2.75, 3.05) is 18.8 Å².